The molecule has 2 aromatic carbocycles. The smallest absolute Gasteiger partial charge is 0.295 e. The number of fused-ring (bicyclic) bond motifs is 1. The number of amides is 1. The number of benzene rings is 2. The van der Waals surface area contributed by atoms with Crippen LogP contribution in [0.4, 0.5) is 0 Å². The molecule has 8 nitrogen and oxygen atoms in total. The Kier molecular flexibility index (Phi) is 5.63. The Morgan fingerprint density at radius 2 is 1.91 bits per heavy atom. The van der Waals surface area contributed by atoms with Gasteiger partial charge in [0.1, 0.15) is 24.7 Å². The first kappa shape index (κ1) is 21.5. The number of ether oxygens (including phenoxy) is 3. The van der Waals surface area contributed by atoms with Crippen molar-refractivity contribution in [2.75, 3.05) is 20.3 Å². The third kappa shape index (κ3) is 3.83. The highest BCUT2D eigenvalue weighted by atomic mass is 16.6. The molecule has 2 aliphatic rings. The zero-order valence-corrected chi connectivity index (χ0v) is 18.4. The van der Waals surface area contributed by atoms with E-state index < -0.39 is 17.7 Å². The van der Waals surface area contributed by atoms with Crippen LogP contribution in [0.25, 0.3) is 5.76 Å². The Morgan fingerprint density at radius 3 is 2.68 bits per heavy atom. The molecule has 0 radical (unpaired) electrons. The Hall–Kier alpha value is -4.33. The van der Waals surface area contributed by atoms with Crippen LogP contribution in [-0.4, -0.2) is 47.0 Å². The summed E-state index contributed by atoms with van der Waals surface area (Å²) in [5.74, 6) is -0.0653. The minimum atomic E-state index is -0.812. The zero-order valence-electron chi connectivity index (χ0n) is 18.4. The lowest BCUT2D eigenvalue weighted by atomic mass is 9.96. The van der Waals surface area contributed by atoms with Gasteiger partial charge in [-0.15, -0.1) is 0 Å². The zero-order chi connectivity index (χ0) is 23.7. The molecule has 1 aromatic heterocycles. The van der Waals surface area contributed by atoms with E-state index in [1.54, 1.807) is 62.0 Å². The van der Waals surface area contributed by atoms with E-state index in [0.29, 0.717) is 41.6 Å². The van der Waals surface area contributed by atoms with Crippen molar-refractivity contribution in [2.24, 2.45) is 0 Å². The van der Waals surface area contributed by atoms with Gasteiger partial charge in [0.2, 0.25) is 0 Å². The summed E-state index contributed by atoms with van der Waals surface area (Å²) in [5, 5.41) is 11.3. The predicted octanol–water partition coefficient (Wildman–Crippen LogP) is 3.48. The molecule has 1 saturated heterocycles. The fourth-order valence-corrected chi connectivity index (χ4v) is 4.24. The molecule has 0 spiro atoms. The number of methoxy groups -OCH3 is 1. The predicted molar refractivity (Wildman–Crippen MR) is 123 cm³/mol. The highest BCUT2D eigenvalue weighted by Crippen LogP contribution is 2.41. The third-order valence-corrected chi connectivity index (χ3v) is 5.84. The van der Waals surface area contributed by atoms with Crippen molar-refractivity contribution >= 4 is 17.4 Å². The van der Waals surface area contributed by atoms with Gasteiger partial charge in [-0.1, -0.05) is 18.2 Å². The van der Waals surface area contributed by atoms with Gasteiger partial charge < -0.3 is 24.2 Å². The number of ketones is 1. The summed E-state index contributed by atoms with van der Waals surface area (Å²) in [6.45, 7) is 0.978. The lowest BCUT2D eigenvalue weighted by Gasteiger charge is -2.25. The molecule has 1 unspecified atom stereocenters. The number of hydrogen-bond donors (Lipinski definition) is 1. The summed E-state index contributed by atoms with van der Waals surface area (Å²) in [6, 6.07) is 14.9. The number of likely N-dealkylation sites (tertiary alicyclic amines) is 1. The average Bonchev–Trinajstić information content (AvgIpc) is 3.13. The molecule has 34 heavy (non-hydrogen) atoms. The number of aliphatic hydroxyl groups excluding tert-OH is 1. The SMILES string of the molecule is COc1cccc(CN2C(=O)C(=O)/C(=C(\O)c3ccc4c(c3)OCCO4)C2c2cccnc2)c1. The van der Waals surface area contributed by atoms with Crippen LogP contribution >= 0.6 is 0 Å². The molecule has 0 aliphatic carbocycles. The summed E-state index contributed by atoms with van der Waals surface area (Å²) in [7, 11) is 1.56. The van der Waals surface area contributed by atoms with Gasteiger partial charge in [-0.3, -0.25) is 14.6 Å². The molecular formula is C26H22N2O6. The maximum absolute atomic E-state index is 13.2. The molecule has 5 rings (SSSR count). The number of hydrogen-bond acceptors (Lipinski definition) is 7. The number of aliphatic hydroxyl groups is 1. The van der Waals surface area contributed by atoms with Gasteiger partial charge in [-0.05, 0) is 47.5 Å². The second-order valence-electron chi connectivity index (χ2n) is 7.92. The fraction of sp³-hybridized carbons (Fsp3) is 0.192. The van der Waals surface area contributed by atoms with E-state index in [9.17, 15) is 14.7 Å². The Labute approximate surface area is 196 Å². The van der Waals surface area contributed by atoms with Crippen LogP contribution in [0.1, 0.15) is 22.7 Å². The van der Waals surface area contributed by atoms with E-state index in [0.717, 1.165) is 5.56 Å². The number of pyridine rings is 1. The molecule has 0 bridgehead atoms. The van der Waals surface area contributed by atoms with E-state index in [1.807, 2.05) is 12.1 Å². The molecule has 172 valence electrons. The Bertz CT molecular complexity index is 1290. The van der Waals surface area contributed by atoms with E-state index in [4.69, 9.17) is 14.2 Å². The van der Waals surface area contributed by atoms with Crippen molar-refractivity contribution in [1.82, 2.24) is 9.88 Å². The van der Waals surface area contributed by atoms with E-state index in [-0.39, 0.29) is 17.9 Å². The number of nitrogens with zero attached hydrogens (tertiary/aromatic N) is 2. The van der Waals surface area contributed by atoms with Crippen LogP contribution in [0.15, 0.2) is 72.6 Å². The van der Waals surface area contributed by atoms with Gasteiger partial charge in [0, 0.05) is 24.5 Å². The largest absolute Gasteiger partial charge is 0.507 e. The molecule has 3 heterocycles. The van der Waals surface area contributed by atoms with Gasteiger partial charge in [-0.2, -0.15) is 0 Å². The minimum Gasteiger partial charge on any atom is -0.507 e. The molecule has 3 aromatic rings. The maximum Gasteiger partial charge on any atom is 0.295 e. The van der Waals surface area contributed by atoms with Crippen molar-refractivity contribution in [1.29, 1.82) is 0 Å². The number of aromatic nitrogens is 1. The number of carbonyl (C=O) groups excluding carboxylic acids is 2. The number of Topliss-reactive ketones (excluding diaryl/α,β-unsaturated/α-hetero) is 1. The standard InChI is InChI=1S/C26H22N2O6/c1-32-19-6-2-4-16(12-19)15-28-23(18-5-3-9-27-14-18)22(25(30)26(28)31)24(29)17-7-8-20-21(13-17)34-11-10-33-20/h2-9,12-14,23,29H,10-11,15H2,1H3/b24-22-. The maximum atomic E-state index is 13.2. The quantitative estimate of drug-likeness (QED) is 0.355. The average molecular weight is 458 g/mol. The minimum absolute atomic E-state index is 0.00225. The number of carbonyl (C=O) groups is 2. The molecular weight excluding hydrogens is 436 g/mol. The highest BCUT2D eigenvalue weighted by Gasteiger charge is 2.46. The normalized spacial score (nSPS) is 18.7. The monoisotopic (exact) mass is 458 g/mol. The summed E-state index contributed by atoms with van der Waals surface area (Å²) in [6.07, 6.45) is 3.20. The first-order valence-corrected chi connectivity index (χ1v) is 10.8. The Balaban J connectivity index is 1.60. The molecule has 8 heteroatoms. The van der Waals surface area contributed by atoms with Crippen molar-refractivity contribution in [3.63, 3.8) is 0 Å². The molecule has 1 fully saturated rings. The molecule has 2 aliphatic heterocycles. The highest BCUT2D eigenvalue weighted by molar-refractivity contribution is 6.46. The topological polar surface area (TPSA) is 98.2 Å². The van der Waals surface area contributed by atoms with Crippen LogP contribution < -0.4 is 14.2 Å². The molecule has 1 atom stereocenters. The summed E-state index contributed by atoms with van der Waals surface area (Å²) >= 11 is 0. The van der Waals surface area contributed by atoms with Crippen molar-refractivity contribution < 1.29 is 28.9 Å². The van der Waals surface area contributed by atoms with Gasteiger partial charge in [0.15, 0.2) is 11.5 Å². The van der Waals surface area contributed by atoms with Crippen LogP contribution in [0.5, 0.6) is 17.2 Å². The van der Waals surface area contributed by atoms with E-state index in [2.05, 4.69) is 4.98 Å². The van der Waals surface area contributed by atoms with Crippen molar-refractivity contribution in [3.05, 3.63) is 89.3 Å². The van der Waals surface area contributed by atoms with Gasteiger partial charge in [-0.25, -0.2) is 0 Å². The van der Waals surface area contributed by atoms with Crippen LogP contribution in [0, 0.1) is 0 Å². The number of rotatable bonds is 5. The lowest BCUT2D eigenvalue weighted by Crippen LogP contribution is -2.29. The van der Waals surface area contributed by atoms with Gasteiger partial charge in [0.25, 0.3) is 11.7 Å². The van der Waals surface area contributed by atoms with E-state index in [1.165, 1.54) is 4.90 Å². The van der Waals surface area contributed by atoms with Crippen molar-refractivity contribution in [3.8, 4) is 17.2 Å². The van der Waals surface area contributed by atoms with Crippen LogP contribution in [0.3, 0.4) is 0 Å². The Morgan fingerprint density at radius 1 is 1.09 bits per heavy atom. The lowest BCUT2D eigenvalue weighted by molar-refractivity contribution is -0.140. The van der Waals surface area contributed by atoms with Crippen molar-refractivity contribution in [2.45, 2.75) is 12.6 Å². The summed E-state index contributed by atoms with van der Waals surface area (Å²) in [4.78, 5) is 32.0. The van der Waals surface area contributed by atoms with E-state index >= 15 is 0 Å². The first-order valence-electron chi connectivity index (χ1n) is 10.8. The summed E-state index contributed by atoms with van der Waals surface area (Å²) < 4.78 is 16.4. The third-order valence-electron chi connectivity index (χ3n) is 5.84. The fourth-order valence-electron chi connectivity index (χ4n) is 4.24. The molecule has 1 amide bonds. The molecule has 1 N–H and O–H groups in total. The van der Waals surface area contributed by atoms with Gasteiger partial charge >= 0.3 is 0 Å². The second kappa shape index (κ2) is 8.90. The summed E-state index contributed by atoms with van der Waals surface area (Å²) in [5.41, 5.74) is 1.76. The van der Waals surface area contributed by atoms with Crippen LogP contribution in [0.2, 0.25) is 0 Å². The second-order valence-corrected chi connectivity index (χ2v) is 7.92. The molecule has 0 saturated carbocycles. The van der Waals surface area contributed by atoms with Gasteiger partial charge in [0.05, 0.1) is 18.7 Å². The first-order chi connectivity index (χ1) is 16.6. The van der Waals surface area contributed by atoms with Crippen LogP contribution in [-0.2, 0) is 16.1 Å².